The van der Waals surface area contributed by atoms with Gasteiger partial charge in [-0.25, -0.2) is 33.3 Å². The molecule has 0 amide bonds. The van der Waals surface area contributed by atoms with Gasteiger partial charge in [0.2, 0.25) is 13.2 Å². The van der Waals surface area contributed by atoms with Crippen LogP contribution in [0, 0.1) is 0 Å². The Morgan fingerprint density at radius 3 is 2.60 bits per heavy atom. The lowest BCUT2D eigenvalue weighted by atomic mass is 10.1. The van der Waals surface area contributed by atoms with Crippen LogP contribution in [0.25, 0.3) is 22.3 Å². The Labute approximate surface area is 265 Å². The van der Waals surface area contributed by atoms with Gasteiger partial charge in [0.05, 0.1) is 31.1 Å². The van der Waals surface area contributed by atoms with E-state index in [1.54, 1.807) is 0 Å². The molecule has 2 saturated heterocycles. The maximum Gasteiger partial charge on any atom is 0.386 e. The molecule has 2 aliphatic heterocycles. The van der Waals surface area contributed by atoms with Gasteiger partial charge in [0.15, 0.2) is 35.0 Å². The molecular weight excluding hydrogens is 704 g/mol. The fraction of sp³-hybridized carbons (Fsp3) is 0.500. The fourth-order valence-electron chi connectivity index (χ4n) is 5.02. The van der Waals surface area contributed by atoms with Crippen LogP contribution in [0.2, 0.25) is 0 Å². The first-order valence-corrected chi connectivity index (χ1v) is 19.0. The van der Waals surface area contributed by atoms with Crippen LogP contribution >= 0.6 is 50.3 Å². The number of nitrogens with one attached hydrogen (secondary N) is 1. The van der Waals surface area contributed by atoms with Gasteiger partial charge in [-0.1, -0.05) is 24.5 Å². The van der Waals surface area contributed by atoms with Gasteiger partial charge in [-0.3, -0.25) is 32.5 Å². The van der Waals surface area contributed by atoms with E-state index in [-0.39, 0.29) is 34.1 Å². The van der Waals surface area contributed by atoms with Crippen molar-refractivity contribution in [1.29, 1.82) is 0 Å². The van der Waals surface area contributed by atoms with Crippen molar-refractivity contribution >= 4 is 84.4 Å². The molecule has 2 unspecified atom stereocenters. The molecule has 2 aliphatic rings. The third kappa shape index (κ3) is 6.22. The number of alkyl halides is 2. The van der Waals surface area contributed by atoms with E-state index in [1.807, 2.05) is 0 Å². The van der Waals surface area contributed by atoms with Crippen molar-refractivity contribution in [3.8, 4) is 0 Å². The molecule has 4 aromatic rings. The number of aliphatic hydroxyl groups is 1. The minimum absolute atomic E-state index is 0.0107. The second-order valence-corrected chi connectivity index (χ2v) is 15.8. The molecule has 6 heterocycles. The number of aromatic amines is 1. The van der Waals surface area contributed by atoms with Gasteiger partial charge in [-0.05, 0) is 0 Å². The molecule has 0 aromatic carbocycles. The Balaban J connectivity index is 1.22. The summed E-state index contributed by atoms with van der Waals surface area (Å²) in [4.78, 5) is 34.6. The molecule has 6 N–H and O–H groups in total. The van der Waals surface area contributed by atoms with E-state index < -0.39 is 80.3 Å². The summed E-state index contributed by atoms with van der Waals surface area (Å²) in [6.07, 6.45) is -6.16. The average molecular weight is 729 g/mol. The Kier molecular flexibility index (Phi) is 9.20. The van der Waals surface area contributed by atoms with E-state index in [1.165, 1.54) is 21.8 Å². The average Bonchev–Trinajstić information content (AvgIpc) is 3.73. The van der Waals surface area contributed by atoms with Crippen molar-refractivity contribution in [2.24, 2.45) is 0 Å². The lowest BCUT2D eigenvalue weighted by molar-refractivity contribution is -0.0413. The number of H-pyrrole nitrogens is 1. The number of rotatable bonds is 10. The zero-order chi connectivity index (χ0) is 32.2. The molecule has 4 aromatic heterocycles. The van der Waals surface area contributed by atoms with Crippen LogP contribution in [0.3, 0.4) is 0 Å². The number of nitrogen functional groups attached to an aromatic ring is 2. The monoisotopic (exact) mass is 728 g/mol. The lowest BCUT2D eigenvalue weighted by Crippen LogP contribution is -2.33. The molecule has 2 fully saturated rings. The second kappa shape index (κ2) is 12.7. The highest BCUT2D eigenvalue weighted by Crippen LogP contribution is 2.59. The van der Waals surface area contributed by atoms with Crippen molar-refractivity contribution in [2.75, 3.05) is 24.7 Å². The summed E-state index contributed by atoms with van der Waals surface area (Å²) in [6, 6.07) is 0. The van der Waals surface area contributed by atoms with Gasteiger partial charge in [0.1, 0.15) is 41.7 Å². The number of nitrogens with two attached hydrogens (primary N) is 2. The van der Waals surface area contributed by atoms with Crippen molar-refractivity contribution in [3.05, 3.63) is 29.3 Å². The van der Waals surface area contributed by atoms with E-state index in [0.29, 0.717) is 0 Å². The summed E-state index contributed by atoms with van der Waals surface area (Å²) < 4.78 is 81.0. The minimum atomic E-state index is -4.48. The summed E-state index contributed by atoms with van der Waals surface area (Å²) in [5.41, 5.74) is 11.1. The predicted molar refractivity (Wildman–Crippen MR) is 164 cm³/mol. The van der Waals surface area contributed by atoms with Gasteiger partial charge >= 0.3 is 6.80 Å². The van der Waals surface area contributed by atoms with E-state index in [9.17, 15) is 19.0 Å². The number of hydrogen-bond donors (Lipinski definition) is 6. The third-order valence-corrected chi connectivity index (χ3v) is 10.9. The van der Waals surface area contributed by atoms with Gasteiger partial charge in [0, 0.05) is 0 Å². The van der Waals surface area contributed by atoms with Crippen molar-refractivity contribution in [1.82, 2.24) is 39.0 Å². The highest BCUT2D eigenvalue weighted by molar-refractivity contribution is 8.44. The molecule has 0 radical (unpaired) electrons. The van der Waals surface area contributed by atoms with Crippen LogP contribution in [0.15, 0.2) is 23.8 Å². The number of imidazole rings is 2. The number of nitrogens with zero attached hydrogens (tertiary/aromatic N) is 7. The quantitative estimate of drug-likeness (QED) is 0.0998. The van der Waals surface area contributed by atoms with Gasteiger partial charge in [0.25, 0.3) is 5.56 Å². The Morgan fingerprint density at radius 2 is 1.87 bits per heavy atom. The zero-order valence-electron chi connectivity index (χ0n) is 22.4. The van der Waals surface area contributed by atoms with Gasteiger partial charge in [-0.15, -0.1) is 11.8 Å². The molecular formula is C20H24F2N10O8P2S3. The maximum absolute atomic E-state index is 15.7. The van der Waals surface area contributed by atoms with E-state index in [2.05, 4.69) is 54.4 Å². The molecule has 244 valence electrons. The molecule has 45 heavy (non-hydrogen) atoms. The molecule has 25 heteroatoms. The van der Waals surface area contributed by atoms with Gasteiger partial charge < -0.3 is 25.8 Å². The molecule has 18 nitrogen and oxygen atoms in total. The van der Waals surface area contributed by atoms with E-state index >= 15 is 8.78 Å². The topological polar surface area (TPSA) is 250 Å². The largest absolute Gasteiger partial charge is 0.395 e. The fourth-order valence-corrected chi connectivity index (χ4v) is 8.84. The number of halogens is 2. The normalized spacial score (nSPS) is 30.7. The molecule has 10 atom stereocenters. The molecule has 0 aliphatic carbocycles. The molecule has 6 rings (SSSR count). The number of thioether (sulfide) groups is 1. The summed E-state index contributed by atoms with van der Waals surface area (Å²) in [5, 5.41) is 7.66. The highest BCUT2D eigenvalue weighted by Gasteiger charge is 2.51. The highest BCUT2D eigenvalue weighted by atomic mass is 32.7. The number of thiol groups is 2. The number of aliphatic hydroxyl groups excluding tert-OH is 1. The van der Waals surface area contributed by atoms with Crippen molar-refractivity contribution < 1.29 is 41.3 Å². The van der Waals surface area contributed by atoms with Gasteiger partial charge in [-0.2, -0.15) is 4.98 Å². The van der Waals surface area contributed by atoms with E-state index in [0.717, 1.165) is 18.1 Å². The SMILES string of the molecule is Nc1nc2c(ncn2[C@@H]2S[C@H](CO)[C@H](F)[C@H]2OP(=O)(S)OC[C@H]2O[C@@H](n3cnc4c(N)ncnc43)[C@@H](F)[C@@H]2O[PH](=O)S)c(=O)[nH]1. The maximum atomic E-state index is 15.7. The van der Waals surface area contributed by atoms with Crippen LogP contribution in [-0.2, 0) is 27.4 Å². The zero-order valence-corrected chi connectivity index (χ0v) is 26.9. The first-order valence-electron chi connectivity index (χ1n) is 12.8. The molecule has 0 bridgehead atoms. The Hall–Kier alpha value is -2.33. The standard InChI is InChI=1S/C20H24F2N10O8P2S3/c21-8-7(1-33)45-19(32-5-28-11-16(32)29-20(24)30-17(11)34)13(8)40-42(36,44)37-2-6-12(39-41(35)43)9(22)18(38-6)31-4-27-10-14(23)25-3-26-15(10)31/h3-9,12-13,18-19,33,41H,1-2H2,(H,35,43)(H,36,44)(H2,23,25,26)(H3,24,29,30,34)/t6-,7-,8+,9+,12-,13-,18-,19-,42?/m1/s1. The van der Waals surface area contributed by atoms with Crippen LogP contribution in [0.4, 0.5) is 20.5 Å². The van der Waals surface area contributed by atoms with E-state index in [4.69, 9.17) is 29.8 Å². The van der Waals surface area contributed by atoms with Crippen LogP contribution < -0.4 is 17.0 Å². The Bertz CT molecular complexity index is 1870. The lowest BCUT2D eigenvalue weighted by Gasteiger charge is -2.26. The minimum Gasteiger partial charge on any atom is -0.395 e. The molecule has 0 spiro atoms. The summed E-state index contributed by atoms with van der Waals surface area (Å²) >= 11 is 8.65. The smallest absolute Gasteiger partial charge is 0.386 e. The van der Waals surface area contributed by atoms with Crippen LogP contribution in [-0.4, -0.2) is 93.3 Å². The van der Waals surface area contributed by atoms with Crippen LogP contribution in [0.1, 0.15) is 11.6 Å². The summed E-state index contributed by atoms with van der Waals surface area (Å²) in [5.74, 6) is -0.184. The predicted octanol–water partition coefficient (Wildman–Crippen LogP) is 1.45. The number of anilines is 2. The third-order valence-electron chi connectivity index (χ3n) is 6.99. The summed E-state index contributed by atoms with van der Waals surface area (Å²) in [6.45, 7) is -5.77. The second-order valence-electron chi connectivity index (χ2n) is 9.74. The Morgan fingerprint density at radius 1 is 1.13 bits per heavy atom. The first kappa shape index (κ1) is 32.6. The number of hydrogen-bond acceptors (Lipinski definition) is 16. The number of aromatic nitrogens is 8. The first-order chi connectivity index (χ1) is 21.4. The van der Waals surface area contributed by atoms with Crippen molar-refractivity contribution in [3.63, 3.8) is 0 Å². The molecule has 0 saturated carbocycles. The van der Waals surface area contributed by atoms with Crippen LogP contribution in [0.5, 0.6) is 0 Å². The van der Waals surface area contributed by atoms with Crippen molar-refractivity contribution in [2.45, 2.75) is 47.5 Å². The number of fused-ring (bicyclic) bond motifs is 2. The number of ether oxygens (including phenoxy) is 1. The summed E-state index contributed by atoms with van der Waals surface area (Å²) in [7, 11) is -3.01.